The molecule has 1 atom stereocenters. The lowest BCUT2D eigenvalue weighted by molar-refractivity contribution is -0.150. The van der Waals surface area contributed by atoms with Gasteiger partial charge in [-0.2, -0.15) is 0 Å². The van der Waals surface area contributed by atoms with Gasteiger partial charge in [-0.25, -0.2) is 4.79 Å². The summed E-state index contributed by atoms with van der Waals surface area (Å²) in [7, 11) is 1.43. The molecule has 0 saturated carbocycles. The Morgan fingerprint density at radius 2 is 2.13 bits per heavy atom. The minimum Gasteiger partial charge on any atom is -0.503 e. The molecular formula is C16H20BrNO5. The smallest absolute Gasteiger partial charge is 0.331 e. The first kappa shape index (κ1) is 19.0. The summed E-state index contributed by atoms with van der Waals surface area (Å²) in [5.41, 5.74) is 0.631. The van der Waals surface area contributed by atoms with Gasteiger partial charge in [0.2, 0.25) is 0 Å². The quantitative estimate of drug-likeness (QED) is 0.556. The van der Waals surface area contributed by atoms with Crippen LogP contribution in [0.4, 0.5) is 0 Å². The molecule has 126 valence electrons. The highest BCUT2D eigenvalue weighted by atomic mass is 79.9. The highest BCUT2D eigenvalue weighted by molar-refractivity contribution is 9.10. The molecule has 0 saturated heterocycles. The third kappa shape index (κ3) is 5.94. The normalized spacial score (nSPS) is 12.0. The lowest BCUT2D eigenvalue weighted by atomic mass is 10.2. The molecule has 0 heterocycles. The number of ether oxygens (including phenoxy) is 2. The minimum absolute atomic E-state index is 0.0200. The number of halogens is 1. The highest BCUT2D eigenvalue weighted by Crippen LogP contribution is 2.35. The molecule has 2 N–H and O–H groups in total. The summed E-state index contributed by atoms with van der Waals surface area (Å²) in [5.74, 6) is -0.705. The van der Waals surface area contributed by atoms with Gasteiger partial charge in [0.15, 0.2) is 17.6 Å². The second kappa shape index (κ2) is 9.19. The average Bonchev–Trinajstić information content (AvgIpc) is 2.53. The van der Waals surface area contributed by atoms with Crippen molar-refractivity contribution in [3.63, 3.8) is 0 Å². The second-order valence-electron chi connectivity index (χ2n) is 4.76. The van der Waals surface area contributed by atoms with Crippen molar-refractivity contribution in [2.75, 3.05) is 13.7 Å². The molecule has 6 nitrogen and oxygen atoms in total. The predicted octanol–water partition coefficient (Wildman–Crippen LogP) is 2.63. The lowest BCUT2D eigenvalue weighted by Crippen LogP contribution is -2.35. The number of phenolic OH excluding ortho intramolecular Hbond substituents is 1. The average molecular weight is 386 g/mol. The molecule has 0 spiro atoms. The molecule has 1 aromatic rings. The van der Waals surface area contributed by atoms with Crippen molar-refractivity contribution in [3.05, 3.63) is 28.2 Å². The molecule has 0 aliphatic heterocycles. The summed E-state index contributed by atoms with van der Waals surface area (Å²) in [4.78, 5) is 23.3. The summed E-state index contributed by atoms with van der Waals surface area (Å²) < 4.78 is 10.5. The van der Waals surface area contributed by atoms with Gasteiger partial charge in [0.25, 0.3) is 5.91 Å². The second-order valence-corrected chi connectivity index (χ2v) is 5.61. The molecule has 23 heavy (non-hydrogen) atoms. The molecule has 0 aromatic heterocycles. The van der Waals surface area contributed by atoms with Gasteiger partial charge in [0.05, 0.1) is 11.6 Å². The Morgan fingerprint density at radius 1 is 1.43 bits per heavy atom. The summed E-state index contributed by atoms with van der Waals surface area (Å²) in [5, 5.41) is 12.4. The number of rotatable bonds is 7. The Labute approximate surface area is 143 Å². The van der Waals surface area contributed by atoms with Gasteiger partial charge in [0.1, 0.15) is 0 Å². The van der Waals surface area contributed by atoms with Crippen molar-refractivity contribution in [2.45, 2.75) is 26.4 Å². The number of carbonyl (C=O) groups excluding carboxylic acids is 2. The Hall–Kier alpha value is -2.02. The van der Waals surface area contributed by atoms with E-state index >= 15 is 0 Å². The Kier molecular flexibility index (Phi) is 7.61. The van der Waals surface area contributed by atoms with E-state index in [1.165, 1.54) is 26.2 Å². The van der Waals surface area contributed by atoms with Gasteiger partial charge >= 0.3 is 5.97 Å². The molecule has 1 amide bonds. The summed E-state index contributed by atoms with van der Waals surface area (Å²) in [6.07, 6.45) is 2.66. The standard InChI is InChI=1S/C16H20BrNO5/c1-4-7-18-16(21)10(2)23-14(19)6-5-11-8-12(17)15(20)13(9-11)22-3/h5-6,8-10,20H,4,7H2,1-3H3,(H,18,21)/b6-5+/t10-/m0/s1. The highest BCUT2D eigenvalue weighted by Gasteiger charge is 2.15. The van der Waals surface area contributed by atoms with Crippen LogP contribution in [0.5, 0.6) is 11.5 Å². The number of esters is 1. The first-order valence-electron chi connectivity index (χ1n) is 7.12. The van der Waals surface area contributed by atoms with Gasteiger partial charge in [0, 0.05) is 12.6 Å². The molecular weight excluding hydrogens is 366 g/mol. The van der Waals surface area contributed by atoms with E-state index in [4.69, 9.17) is 9.47 Å². The van der Waals surface area contributed by atoms with Crippen LogP contribution >= 0.6 is 15.9 Å². The Balaban J connectivity index is 2.68. The van der Waals surface area contributed by atoms with Crippen LogP contribution in [-0.4, -0.2) is 36.7 Å². The van der Waals surface area contributed by atoms with Crippen molar-refractivity contribution in [2.24, 2.45) is 0 Å². The number of hydrogen-bond acceptors (Lipinski definition) is 5. The van der Waals surface area contributed by atoms with Crippen molar-refractivity contribution in [1.82, 2.24) is 5.32 Å². The van der Waals surface area contributed by atoms with Crippen molar-refractivity contribution >= 4 is 33.9 Å². The van der Waals surface area contributed by atoms with Gasteiger partial charge in [-0.1, -0.05) is 6.92 Å². The molecule has 0 bridgehead atoms. The maximum Gasteiger partial charge on any atom is 0.331 e. The number of hydrogen-bond donors (Lipinski definition) is 2. The Morgan fingerprint density at radius 3 is 2.74 bits per heavy atom. The van der Waals surface area contributed by atoms with E-state index < -0.39 is 12.1 Å². The van der Waals surface area contributed by atoms with Crippen LogP contribution in [0, 0.1) is 0 Å². The van der Waals surface area contributed by atoms with Gasteiger partial charge in [-0.3, -0.25) is 4.79 Å². The summed E-state index contributed by atoms with van der Waals surface area (Å²) in [6.45, 7) is 3.98. The van der Waals surface area contributed by atoms with Crippen LogP contribution < -0.4 is 10.1 Å². The fourth-order valence-electron chi connectivity index (χ4n) is 1.67. The van der Waals surface area contributed by atoms with Crippen LogP contribution in [-0.2, 0) is 14.3 Å². The first-order chi connectivity index (χ1) is 10.9. The minimum atomic E-state index is -0.861. The van der Waals surface area contributed by atoms with Crippen LogP contribution in [0.3, 0.4) is 0 Å². The van der Waals surface area contributed by atoms with Crippen LogP contribution in [0.25, 0.3) is 6.08 Å². The van der Waals surface area contributed by atoms with Gasteiger partial charge < -0.3 is 19.9 Å². The fraction of sp³-hybridized carbons (Fsp3) is 0.375. The molecule has 0 aliphatic rings. The summed E-state index contributed by atoms with van der Waals surface area (Å²) >= 11 is 3.20. The molecule has 0 fully saturated rings. The summed E-state index contributed by atoms with van der Waals surface area (Å²) in [6, 6.07) is 3.19. The van der Waals surface area contributed by atoms with E-state index in [1.54, 1.807) is 12.1 Å². The molecule has 7 heteroatoms. The van der Waals surface area contributed by atoms with E-state index in [2.05, 4.69) is 21.2 Å². The van der Waals surface area contributed by atoms with E-state index in [-0.39, 0.29) is 17.4 Å². The fourth-order valence-corrected chi connectivity index (χ4v) is 2.13. The van der Waals surface area contributed by atoms with Gasteiger partial charge in [-0.05, 0) is 53.0 Å². The maximum atomic E-state index is 11.7. The largest absolute Gasteiger partial charge is 0.503 e. The van der Waals surface area contributed by atoms with E-state index in [0.717, 1.165) is 6.42 Å². The van der Waals surface area contributed by atoms with Gasteiger partial charge in [-0.15, -0.1) is 0 Å². The number of carbonyl (C=O) groups is 2. The van der Waals surface area contributed by atoms with E-state index in [0.29, 0.717) is 16.6 Å². The SMILES string of the molecule is CCCNC(=O)[C@H](C)OC(=O)/C=C/c1cc(Br)c(O)c(OC)c1. The molecule has 1 rings (SSSR count). The molecule has 1 aromatic carbocycles. The molecule has 0 aliphatic carbocycles. The number of nitrogens with one attached hydrogen (secondary N) is 1. The van der Waals surface area contributed by atoms with Crippen molar-refractivity contribution in [1.29, 1.82) is 0 Å². The van der Waals surface area contributed by atoms with Crippen LogP contribution in [0.15, 0.2) is 22.7 Å². The number of amides is 1. The van der Waals surface area contributed by atoms with Crippen molar-refractivity contribution < 1.29 is 24.2 Å². The zero-order valence-electron chi connectivity index (χ0n) is 13.3. The maximum absolute atomic E-state index is 11.7. The first-order valence-corrected chi connectivity index (χ1v) is 7.91. The van der Waals surface area contributed by atoms with E-state index in [9.17, 15) is 14.7 Å². The number of methoxy groups -OCH3 is 1. The van der Waals surface area contributed by atoms with Crippen molar-refractivity contribution in [3.8, 4) is 11.5 Å². The lowest BCUT2D eigenvalue weighted by Gasteiger charge is -2.11. The molecule has 0 radical (unpaired) electrons. The number of aromatic hydroxyl groups is 1. The topological polar surface area (TPSA) is 84.9 Å². The number of phenols is 1. The predicted molar refractivity (Wildman–Crippen MR) is 90.2 cm³/mol. The Bertz CT molecular complexity index is 600. The zero-order chi connectivity index (χ0) is 17.4. The zero-order valence-corrected chi connectivity index (χ0v) is 14.8. The molecule has 0 unspecified atom stereocenters. The monoisotopic (exact) mass is 385 g/mol. The third-order valence-corrected chi connectivity index (χ3v) is 3.50. The third-order valence-electron chi connectivity index (χ3n) is 2.89. The number of benzene rings is 1. The van der Waals surface area contributed by atoms with Crippen LogP contribution in [0.2, 0.25) is 0 Å². The van der Waals surface area contributed by atoms with Crippen LogP contribution in [0.1, 0.15) is 25.8 Å². The van der Waals surface area contributed by atoms with E-state index in [1.807, 2.05) is 6.92 Å².